The van der Waals surface area contributed by atoms with Crippen LogP contribution in [-0.2, 0) is 15.9 Å². The minimum atomic E-state index is -0.512. The summed E-state index contributed by atoms with van der Waals surface area (Å²) >= 11 is 0. The van der Waals surface area contributed by atoms with Crippen LogP contribution in [0, 0.1) is 0 Å². The third-order valence-corrected chi connectivity index (χ3v) is 5.14. The zero-order chi connectivity index (χ0) is 19.9. The number of anilines is 1. The van der Waals surface area contributed by atoms with E-state index in [1.54, 1.807) is 12.0 Å². The van der Waals surface area contributed by atoms with Crippen molar-refractivity contribution < 1.29 is 19.1 Å². The average molecular weight is 375 g/mol. The summed E-state index contributed by atoms with van der Waals surface area (Å²) < 4.78 is 10.9. The van der Waals surface area contributed by atoms with Crippen molar-refractivity contribution >= 4 is 18.2 Å². The largest absolute Gasteiger partial charge is 0.444 e. The van der Waals surface area contributed by atoms with Gasteiger partial charge in [-0.1, -0.05) is 0 Å². The average Bonchev–Trinajstić information content (AvgIpc) is 2.96. The second kappa shape index (κ2) is 7.11. The highest BCUT2D eigenvalue weighted by atomic mass is 16.6. The molecule has 1 fully saturated rings. The van der Waals surface area contributed by atoms with E-state index in [1.165, 1.54) is 0 Å². The Kier molecular flexibility index (Phi) is 5.16. The van der Waals surface area contributed by atoms with Crippen molar-refractivity contribution in [3.63, 3.8) is 0 Å². The van der Waals surface area contributed by atoms with E-state index in [9.17, 15) is 9.59 Å². The lowest BCUT2D eigenvalue weighted by atomic mass is 10.0. The molecule has 1 aromatic rings. The molecule has 7 heteroatoms. The van der Waals surface area contributed by atoms with Crippen LogP contribution in [0.3, 0.4) is 0 Å². The van der Waals surface area contributed by atoms with Gasteiger partial charge in [-0.2, -0.15) is 0 Å². The number of carbonyl (C=O) groups excluding carboxylic acids is 2. The summed E-state index contributed by atoms with van der Waals surface area (Å²) in [4.78, 5) is 32.9. The van der Waals surface area contributed by atoms with Crippen molar-refractivity contribution in [2.75, 3.05) is 25.1 Å². The Hall–Kier alpha value is -2.15. The number of rotatable bonds is 3. The fourth-order valence-electron chi connectivity index (χ4n) is 3.94. The number of aromatic nitrogens is 1. The highest BCUT2D eigenvalue weighted by Gasteiger charge is 2.42. The third-order valence-electron chi connectivity index (χ3n) is 5.14. The highest BCUT2D eigenvalue weighted by Crippen LogP contribution is 2.37. The summed E-state index contributed by atoms with van der Waals surface area (Å²) in [6.07, 6.45) is 1.06. The number of methoxy groups -OCH3 is 1. The second-order valence-electron chi connectivity index (χ2n) is 8.44. The molecule has 148 valence electrons. The second-order valence-corrected chi connectivity index (χ2v) is 8.44. The van der Waals surface area contributed by atoms with Gasteiger partial charge in [-0.3, -0.25) is 4.79 Å². The number of amides is 1. The number of nitrogens with zero attached hydrogens (tertiary/aromatic N) is 3. The van der Waals surface area contributed by atoms with Gasteiger partial charge in [-0.15, -0.1) is 0 Å². The number of pyridine rings is 1. The lowest BCUT2D eigenvalue weighted by molar-refractivity contribution is 0.0191. The predicted octanol–water partition coefficient (Wildman–Crippen LogP) is 2.97. The summed E-state index contributed by atoms with van der Waals surface area (Å²) in [7, 11) is 1.61. The lowest BCUT2D eigenvalue weighted by Gasteiger charge is -2.43. The van der Waals surface area contributed by atoms with Crippen LogP contribution in [0.15, 0.2) is 6.07 Å². The zero-order valence-electron chi connectivity index (χ0n) is 17.0. The van der Waals surface area contributed by atoms with E-state index in [-0.39, 0.29) is 24.3 Å². The Bertz CT molecular complexity index is 743. The van der Waals surface area contributed by atoms with Crippen LogP contribution >= 0.6 is 0 Å². The molecule has 2 aliphatic heterocycles. The number of hydrogen-bond donors (Lipinski definition) is 0. The van der Waals surface area contributed by atoms with E-state index in [4.69, 9.17) is 14.5 Å². The van der Waals surface area contributed by atoms with Crippen molar-refractivity contribution in [2.24, 2.45) is 0 Å². The maximum Gasteiger partial charge on any atom is 0.410 e. The van der Waals surface area contributed by atoms with Gasteiger partial charge in [0, 0.05) is 31.8 Å². The number of aldehydes is 1. The van der Waals surface area contributed by atoms with Gasteiger partial charge in [0.25, 0.3) is 0 Å². The monoisotopic (exact) mass is 375 g/mol. The Morgan fingerprint density at radius 3 is 2.67 bits per heavy atom. The van der Waals surface area contributed by atoms with Gasteiger partial charge in [0.1, 0.15) is 11.4 Å². The molecule has 0 N–H and O–H groups in total. The van der Waals surface area contributed by atoms with Crippen LogP contribution in [0.1, 0.15) is 62.3 Å². The Labute approximate surface area is 160 Å². The molecular formula is C20H29N3O4. The van der Waals surface area contributed by atoms with Gasteiger partial charge in [-0.25, -0.2) is 9.78 Å². The van der Waals surface area contributed by atoms with Crippen LogP contribution < -0.4 is 4.90 Å². The normalized spacial score (nSPS) is 22.9. The van der Waals surface area contributed by atoms with Gasteiger partial charge < -0.3 is 19.3 Å². The summed E-state index contributed by atoms with van der Waals surface area (Å²) in [5.74, 6) is 0.904. The summed E-state index contributed by atoms with van der Waals surface area (Å²) in [5.41, 5.74) is 1.77. The first-order valence-corrected chi connectivity index (χ1v) is 9.42. The third kappa shape index (κ3) is 3.78. The molecule has 1 unspecified atom stereocenters. The molecular weight excluding hydrogens is 346 g/mol. The first kappa shape index (κ1) is 19.6. The molecule has 7 nitrogen and oxygen atoms in total. The van der Waals surface area contributed by atoms with E-state index in [1.807, 2.05) is 33.8 Å². The minimum Gasteiger partial charge on any atom is -0.444 e. The molecule has 0 saturated carbocycles. The highest BCUT2D eigenvalue weighted by molar-refractivity contribution is 5.79. The minimum absolute atomic E-state index is 0.109. The molecule has 3 rings (SSSR count). The Morgan fingerprint density at radius 1 is 1.37 bits per heavy atom. The number of hydrogen-bond acceptors (Lipinski definition) is 6. The molecule has 1 aromatic heterocycles. The van der Waals surface area contributed by atoms with Crippen LogP contribution in [0.2, 0.25) is 0 Å². The molecule has 2 aliphatic rings. The fourth-order valence-corrected chi connectivity index (χ4v) is 3.94. The molecule has 0 aromatic carbocycles. The van der Waals surface area contributed by atoms with Crippen LogP contribution in [-0.4, -0.2) is 60.1 Å². The van der Waals surface area contributed by atoms with Crippen molar-refractivity contribution in [3.8, 4) is 0 Å². The van der Waals surface area contributed by atoms with Gasteiger partial charge in [-0.05, 0) is 52.7 Å². The topological polar surface area (TPSA) is 72.0 Å². The van der Waals surface area contributed by atoms with E-state index in [0.717, 1.165) is 24.1 Å². The summed E-state index contributed by atoms with van der Waals surface area (Å²) in [6.45, 7) is 10.8. The molecule has 0 spiro atoms. The SMILES string of the molecule is COC(C)c1nc2c(cc1C=O)C[C@@H]1CN(C(=O)OC(C)(C)C)C[C@@H](C)N21. The molecule has 1 amide bonds. The number of carbonyl (C=O) groups is 2. The Morgan fingerprint density at radius 2 is 2.07 bits per heavy atom. The Balaban J connectivity index is 1.87. The molecule has 0 bridgehead atoms. The van der Waals surface area contributed by atoms with Crippen molar-refractivity contribution in [3.05, 3.63) is 22.9 Å². The van der Waals surface area contributed by atoms with E-state index >= 15 is 0 Å². The van der Waals surface area contributed by atoms with Crippen molar-refractivity contribution in [1.82, 2.24) is 9.88 Å². The van der Waals surface area contributed by atoms with Gasteiger partial charge >= 0.3 is 6.09 Å². The zero-order valence-corrected chi connectivity index (χ0v) is 17.0. The summed E-state index contributed by atoms with van der Waals surface area (Å²) in [6, 6.07) is 2.16. The van der Waals surface area contributed by atoms with Crippen molar-refractivity contribution in [2.45, 2.75) is 64.8 Å². The maximum absolute atomic E-state index is 12.5. The first-order valence-electron chi connectivity index (χ1n) is 9.42. The number of fused-ring (bicyclic) bond motifs is 3. The lowest BCUT2D eigenvalue weighted by Crippen LogP contribution is -2.58. The number of piperazine rings is 1. The van der Waals surface area contributed by atoms with Gasteiger partial charge in [0.05, 0.1) is 17.8 Å². The molecule has 1 saturated heterocycles. The quantitative estimate of drug-likeness (QED) is 0.757. The van der Waals surface area contributed by atoms with Crippen LogP contribution in [0.4, 0.5) is 10.6 Å². The molecule has 3 heterocycles. The summed E-state index contributed by atoms with van der Waals surface area (Å²) in [5, 5.41) is 0. The van der Waals surface area contributed by atoms with E-state index < -0.39 is 5.60 Å². The predicted molar refractivity (Wildman–Crippen MR) is 102 cm³/mol. The van der Waals surface area contributed by atoms with Crippen LogP contribution in [0.5, 0.6) is 0 Å². The molecule has 3 atom stereocenters. The number of ether oxygens (including phenoxy) is 2. The first-order chi connectivity index (χ1) is 12.6. The molecule has 0 radical (unpaired) electrons. The van der Waals surface area contributed by atoms with Crippen molar-refractivity contribution in [1.29, 1.82) is 0 Å². The van der Waals surface area contributed by atoms with Gasteiger partial charge in [0.2, 0.25) is 0 Å². The standard InChI is InChI=1S/C20H29N3O4/c1-12-9-22(19(25)27-20(3,4)5)10-16-8-14-7-15(11-24)17(13(2)26-6)21-18(14)23(12)16/h7,11-13,16H,8-10H2,1-6H3/t12-,13?,16-/m1/s1. The molecule has 27 heavy (non-hydrogen) atoms. The van der Waals surface area contributed by atoms with Gasteiger partial charge in [0.15, 0.2) is 6.29 Å². The maximum atomic E-state index is 12.5. The van der Waals surface area contributed by atoms with Crippen LogP contribution in [0.25, 0.3) is 0 Å². The fraction of sp³-hybridized carbons (Fsp3) is 0.650. The van der Waals surface area contributed by atoms with E-state index in [2.05, 4.69) is 11.8 Å². The smallest absolute Gasteiger partial charge is 0.410 e. The molecule has 0 aliphatic carbocycles. The van der Waals surface area contributed by atoms with E-state index in [0.29, 0.717) is 24.3 Å².